The van der Waals surface area contributed by atoms with Crippen molar-refractivity contribution in [3.63, 3.8) is 0 Å². The molecule has 2 aromatic rings. The van der Waals surface area contributed by atoms with Crippen molar-refractivity contribution >= 4 is 17.5 Å². The molecule has 3 rings (SSSR count). The van der Waals surface area contributed by atoms with Crippen LogP contribution in [0.25, 0.3) is 10.4 Å². The predicted molar refractivity (Wildman–Crippen MR) is 102 cm³/mol. The van der Waals surface area contributed by atoms with Gasteiger partial charge in [-0.2, -0.15) is 9.64 Å². The van der Waals surface area contributed by atoms with Crippen LogP contribution in [0.4, 0.5) is 0 Å². The Labute approximate surface area is 161 Å². The molecule has 1 aliphatic rings. The first-order valence-corrected chi connectivity index (χ1v) is 9.22. The molecule has 0 spiro atoms. The number of benzene rings is 1. The van der Waals surface area contributed by atoms with Crippen molar-refractivity contribution in [1.29, 1.82) is 5.26 Å². The van der Waals surface area contributed by atoms with E-state index in [1.807, 2.05) is 37.3 Å². The fraction of sp³-hybridized carbons (Fsp3) is 0.250. The maximum Gasteiger partial charge on any atom is 0.338 e. The third-order valence-electron chi connectivity index (χ3n) is 4.23. The molecule has 1 unspecified atom stereocenters. The molecule has 0 radical (unpaired) electrons. The van der Waals surface area contributed by atoms with Gasteiger partial charge in [0.2, 0.25) is 5.88 Å². The number of hydrogen-bond acceptors (Lipinski definition) is 7. The van der Waals surface area contributed by atoms with Crippen molar-refractivity contribution in [2.75, 3.05) is 6.61 Å². The molecule has 1 aliphatic heterocycles. The largest absolute Gasteiger partial charge is 0.463 e. The molecule has 6 nitrogen and oxygen atoms in total. The van der Waals surface area contributed by atoms with Gasteiger partial charge in [-0.15, -0.1) is 0 Å². The van der Waals surface area contributed by atoms with Gasteiger partial charge >= 0.3 is 5.97 Å². The van der Waals surface area contributed by atoms with E-state index in [0.717, 1.165) is 21.7 Å². The summed E-state index contributed by atoms with van der Waals surface area (Å²) >= 11 is 1.40. The Morgan fingerprint density at radius 1 is 1.41 bits per heavy atom. The highest BCUT2D eigenvalue weighted by Gasteiger charge is 2.36. The summed E-state index contributed by atoms with van der Waals surface area (Å²) in [5.41, 5.74) is 9.09. The quantitative estimate of drug-likeness (QED) is 0.810. The monoisotopic (exact) mass is 381 g/mol. The Kier molecular flexibility index (Phi) is 5.28. The molecule has 0 amide bonds. The molecule has 0 saturated heterocycles. The highest BCUT2D eigenvalue weighted by atomic mass is 32.1. The predicted octanol–water partition coefficient (Wildman–Crippen LogP) is 3.76. The van der Waals surface area contributed by atoms with Gasteiger partial charge in [0.1, 0.15) is 17.4 Å². The Bertz CT molecular complexity index is 998. The van der Waals surface area contributed by atoms with Gasteiger partial charge in [-0.1, -0.05) is 18.2 Å². The number of hydrogen-bond donors (Lipinski definition) is 1. The van der Waals surface area contributed by atoms with Crippen LogP contribution in [-0.2, 0) is 14.3 Å². The van der Waals surface area contributed by atoms with Crippen LogP contribution >= 0.6 is 11.5 Å². The van der Waals surface area contributed by atoms with Gasteiger partial charge in [0.25, 0.3) is 0 Å². The Morgan fingerprint density at radius 3 is 2.81 bits per heavy atom. The van der Waals surface area contributed by atoms with Crippen LogP contribution in [-0.4, -0.2) is 16.9 Å². The number of nitriles is 1. The number of carbonyl (C=O) groups is 1. The van der Waals surface area contributed by atoms with Crippen molar-refractivity contribution in [2.24, 2.45) is 5.73 Å². The molecular formula is C20H19N3O3S. The lowest BCUT2D eigenvalue weighted by atomic mass is 9.82. The van der Waals surface area contributed by atoms with E-state index >= 15 is 0 Å². The van der Waals surface area contributed by atoms with E-state index in [2.05, 4.69) is 10.4 Å². The highest BCUT2D eigenvalue weighted by Crippen LogP contribution is 2.40. The standard InChI is InChI=1S/C20H19N3O3S/c1-4-25-20(24)17-12(3)26-19(22)15(10-21)18(17)14-7-5-6-13(9-14)16-8-11(2)23-27-16/h5-9,18H,4,22H2,1-3H3. The number of rotatable bonds is 4. The van der Waals surface area contributed by atoms with E-state index in [9.17, 15) is 10.1 Å². The summed E-state index contributed by atoms with van der Waals surface area (Å²) in [6.07, 6.45) is 0. The summed E-state index contributed by atoms with van der Waals surface area (Å²) in [6.45, 7) is 5.54. The van der Waals surface area contributed by atoms with Crippen molar-refractivity contribution < 1.29 is 14.3 Å². The summed E-state index contributed by atoms with van der Waals surface area (Å²) in [6, 6.07) is 11.8. The SMILES string of the molecule is CCOC(=O)C1=C(C)OC(N)=C(C#N)C1c1cccc(-c2cc(C)ns2)c1. The minimum absolute atomic E-state index is 0.00656. The lowest BCUT2D eigenvalue weighted by molar-refractivity contribution is -0.139. The third-order valence-corrected chi connectivity index (χ3v) is 5.16. The zero-order valence-electron chi connectivity index (χ0n) is 15.3. The molecule has 7 heteroatoms. The third kappa shape index (κ3) is 3.57. The van der Waals surface area contributed by atoms with Crippen LogP contribution < -0.4 is 5.73 Å². The van der Waals surface area contributed by atoms with E-state index in [4.69, 9.17) is 15.2 Å². The molecule has 1 aromatic heterocycles. The second-order valence-corrected chi connectivity index (χ2v) is 6.88. The molecule has 27 heavy (non-hydrogen) atoms. The van der Waals surface area contributed by atoms with Gasteiger partial charge < -0.3 is 15.2 Å². The fourth-order valence-electron chi connectivity index (χ4n) is 3.06. The minimum atomic E-state index is -0.642. The summed E-state index contributed by atoms with van der Waals surface area (Å²) in [5.74, 6) is -0.808. The van der Waals surface area contributed by atoms with E-state index in [0.29, 0.717) is 11.3 Å². The van der Waals surface area contributed by atoms with Gasteiger partial charge in [-0.05, 0) is 55.6 Å². The molecule has 0 aliphatic carbocycles. The van der Waals surface area contributed by atoms with Crippen molar-refractivity contribution in [1.82, 2.24) is 4.37 Å². The number of ether oxygens (including phenoxy) is 2. The zero-order chi connectivity index (χ0) is 19.6. The minimum Gasteiger partial charge on any atom is -0.463 e. The van der Waals surface area contributed by atoms with Gasteiger partial charge in [0.15, 0.2) is 0 Å². The highest BCUT2D eigenvalue weighted by molar-refractivity contribution is 7.09. The first-order valence-electron chi connectivity index (χ1n) is 8.45. The van der Waals surface area contributed by atoms with E-state index in [1.54, 1.807) is 13.8 Å². The van der Waals surface area contributed by atoms with Crippen molar-refractivity contribution in [3.8, 4) is 16.5 Å². The summed E-state index contributed by atoms with van der Waals surface area (Å²) < 4.78 is 15.0. The second kappa shape index (κ2) is 7.64. The zero-order valence-corrected chi connectivity index (χ0v) is 16.1. The smallest absolute Gasteiger partial charge is 0.338 e. The lowest BCUT2D eigenvalue weighted by Crippen LogP contribution is -2.25. The van der Waals surface area contributed by atoms with Crippen LogP contribution in [0, 0.1) is 18.3 Å². The molecular weight excluding hydrogens is 362 g/mol. The Morgan fingerprint density at radius 2 is 2.19 bits per heavy atom. The fourth-order valence-corrected chi connectivity index (χ4v) is 3.81. The first-order chi connectivity index (χ1) is 13.0. The Balaban J connectivity index is 2.14. The maximum absolute atomic E-state index is 12.6. The number of allylic oxidation sites excluding steroid dienone is 2. The molecule has 138 valence electrons. The van der Waals surface area contributed by atoms with E-state index in [1.165, 1.54) is 11.5 Å². The summed E-state index contributed by atoms with van der Waals surface area (Å²) in [5, 5.41) is 9.65. The molecule has 0 fully saturated rings. The van der Waals surface area contributed by atoms with Crippen molar-refractivity contribution in [3.05, 3.63) is 64.4 Å². The summed E-state index contributed by atoms with van der Waals surface area (Å²) in [4.78, 5) is 13.6. The van der Waals surface area contributed by atoms with Crippen LogP contribution in [0.3, 0.4) is 0 Å². The average Bonchev–Trinajstić information content (AvgIpc) is 3.08. The first kappa shape index (κ1) is 18.7. The van der Waals surface area contributed by atoms with Gasteiger partial charge in [0, 0.05) is 0 Å². The van der Waals surface area contributed by atoms with Crippen LogP contribution in [0.2, 0.25) is 0 Å². The van der Waals surface area contributed by atoms with E-state index in [-0.39, 0.29) is 18.1 Å². The van der Waals surface area contributed by atoms with Crippen LogP contribution in [0.1, 0.15) is 31.0 Å². The Hall–Kier alpha value is -3.11. The number of carbonyl (C=O) groups excluding carboxylic acids is 1. The number of nitrogens with zero attached hydrogens (tertiary/aromatic N) is 2. The molecule has 0 saturated carbocycles. The van der Waals surface area contributed by atoms with Crippen molar-refractivity contribution in [2.45, 2.75) is 26.7 Å². The van der Waals surface area contributed by atoms with Gasteiger partial charge in [-0.25, -0.2) is 4.79 Å². The van der Waals surface area contributed by atoms with E-state index < -0.39 is 11.9 Å². The number of nitrogens with two attached hydrogens (primary N) is 1. The number of esters is 1. The van der Waals surface area contributed by atoms with Gasteiger partial charge in [0.05, 0.1) is 28.7 Å². The molecule has 2 heterocycles. The summed E-state index contributed by atoms with van der Waals surface area (Å²) in [7, 11) is 0. The topological polar surface area (TPSA) is 98.2 Å². The van der Waals surface area contributed by atoms with Gasteiger partial charge in [-0.3, -0.25) is 0 Å². The average molecular weight is 381 g/mol. The normalized spacial score (nSPS) is 16.7. The second-order valence-electron chi connectivity index (χ2n) is 6.07. The molecule has 1 atom stereocenters. The molecule has 0 bridgehead atoms. The maximum atomic E-state index is 12.6. The number of aryl methyl sites for hydroxylation is 1. The lowest BCUT2D eigenvalue weighted by Gasteiger charge is -2.27. The van der Waals surface area contributed by atoms with Crippen LogP contribution in [0.5, 0.6) is 0 Å². The van der Waals surface area contributed by atoms with Crippen LogP contribution in [0.15, 0.2) is 53.1 Å². The molecule has 1 aromatic carbocycles. The number of aromatic nitrogens is 1. The molecule has 2 N–H and O–H groups in total.